The summed E-state index contributed by atoms with van der Waals surface area (Å²) >= 11 is 0. The topological polar surface area (TPSA) is 47.7 Å². The zero-order chi connectivity index (χ0) is 13.8. The van der Waals surface area contributed by atoms with Crippen LogP contribution >= 0.6 is 0 Å². The van der Waals surface area contributed by atoms with Gasteiger partial charge in [0.1, 0.15) is 5.82 Å². The second-order valence-electron chi connectivity index (χ2n) is 4.95. The molecule has 0 fully saturated rings. The number of aromatic nitrogens is 4. The Balaban J connectivity index is 1.98. The largest absolute Gasteiger partial charge is 0.334 e. The van der Waals surface area contributed by atoms with Crippen molar-refractivity contribution in [3.05, 3.63) is 35.7 Å². The molecule has 1 N–H and O–H groups in total. The minimum absolute atomic E-state index is 0.278. The lowest BCUT2D eigenvalue weighted by atomic mass is 10.1. The van der Waals surface area contributed by atoms with Crippen molar-refractivity contribution < 1.29 is 0 Å². The van der Waals surface area contributed by atoms with E-state index in [4.69, 9.17) is 0 Å². The van der Waals surface area contributed by atoms with E-state index >= 15 is 0 Å². The molecule has 1 unspecified atom stereocenters. The third kappa shape index (κ3) is 3.04. The van der Waals surface area contributed by atoms with Crippen LogP contribution in [0.5, 0.6) is 0 Å². The smallest absolute Gasteiger partial charge is 0.122 e. The zero-order valence-corrected chi connectivity index (χ0v) is 12.2. The Morgan fingerprint density at radius 2 is 2.21 bits per heavy atom. The average Bonchev–Trinajstić information content (AvgIpc) is 2.96. The minimum atomic E-state index is 0.278. The van der Waals surface area contributed by atoms with Crippen LogP contribution in [0.1, 0.15) is 43.4 Å². The van der Waals surface area contributed by atoms with E-state index in [0.717, 1.165) is 25.3 Å². The van der Waals surface area contributed by atoms with Crippen LogP contribution in [-0.4, -0.2) is 19.3 Å². The van der Waals surface area contributed by atoms with Crippen molar-refractivity contribution in [2.45, 2.75) is 46.3 Å². The van der Waals surface area contributed by atoms with E-state index in [1.165, 1.54) is 11.3 Å². The minimum Gasteiger partial charge on any atom is -0.334 e. The van der Waals surface area contributed by atoms with Crippen LogP contribution in [0.25, 0.3) is 0 Å². The number of nitrogens with zero attached hydrogens (tertiary/aromatic N) is 4. The number of aryl methyl sites for hydroxylation is 2. The Kier molecular flexibility index (Phi) is 4.37. The van der Waals surface area contributed by atoms with Crippen LogP contribution in [0.3, 0.4) is 0 Å². The number of hydrogen-bond donors (Lipinski definition) is 1. The highest BCUT2D eigenvalue weighted by Gasteiger charge is 2.12. The second-order valence-corrected chi connectivity index (χ2v) is 4.95. The lowest BCUT2D eigenvalue weighted by molar-refractivity contribution is 0.529. The van der Waals surface area contributed by atoms with E-state index in [-0.39, 0.29) is 6.04 Å². The maximum atomic E-state index is 4.41. The first-order chi connectivity index (χ1) is 9.13. The summed E-state index contributed by atoms with van der Waals surface area (Å²) in [6, 6.07) is 0.278. The Labute approximate surface area is 114 Å². The summed E-state index contributed by atoms with van der Waals surface area (Å²) in [6.45, 7) is 8.24. The first-order valence-corrected chi connectivity index (χ1v) is 6.85. The van der Waals surface area contributed by atoms with Gasteiger partial charge in [0.15, 0.2) is 0 Å². The second kappa shape index (κ2) is 6.02. The van der Waals surface area contributed by atoms with Crippen molar-refractivity contribution in [1.82, 2.24) is 24.6 Å². The predicted molar refractivity (Wildman–Crippen MR) is 75.7 cm³/mol. The molecule has 0 aliphatic heterocycles. The zero-order valence-electron chi connectivity index (χ0n) is 12.2. The van der Waals surface area contributed by atoms with Gasteiger partial charge in [0.05, 0.1) is 12.7 Å². The summed E-state index contributed by atoms with van der Waals surface area (Å²) in [5, 5.41) is 7.80. The fourth-order valence-corrected chi connectivity index (χ4v) is 2.25. The summed E-state index contributed by atoms with van der Waals surface area (Å²) in [4.78, 5) is 4.41. The Hall–Kier alpha value is -1.62. The van der Waals surface area contributed by atoms with Crippen LogP contribution in [0.2, 0.25) is 0 Å². The molecule has 0 saturated carbocycles. The van der Waals surface area contributed by atoms with Gasteiger partial charge in [-0.25, -0.2) is 4.98 Å². The molecule has 1 atom stereocenters. The molecule has 0 saturated heterocycles. The van der Waals surface area contributed by atoms with Gasteiger partial charge in [-0.05, 0) is 20.3 Å². The van der Waals surface area contributed by atoms with E-state index in [9.17, 15) is 0 Å². The summed E-state index contributed by atoms with van der Waals surface area (Å²) < 4.78 is 4.11. The normalized spacial score (nSPS) is 12.8. The van der Waals surface area contributed by atoms with Crippen LogP contribution in [-0.2, 0) is 20.1 Å². The van der Waals surface area contributed by atoms with Crippen LogP contribution in [0.15, 0.2) is 18.6 Å². The van der Waals surface area contributed by atoms with Crippen molar-refractivity contribution >= 4 is 0 Å². The van der Waals surface area contributed by atoms with Crippen molar-refractivity contribution in [3.63, 3.8) is 0 Å². The molecule has 5 nitrogen and oxygen atoms in total. The summed E-state index contributed by atoms with van der Waals surface area (Å²) in [5.74, 6) is 1.09. The molecule has 0 bridgehead atoms. The Bertz CT molecular complexity index is 526. The Morgan fingerprint density at radius 3 is 2.84 bits per heavy atom. The lowest BCUT2D eigenvalue weighted by Gasteiger charge is -2.14. The summed E-state index contributed by atoms with van der Waals surface area (Å²) in [7, 11) is 1.97. The van der Waals surface area contributed by atoms with Crippen molar-refractivity contribution in [2.24, 2.45) is 7.05 Å². The Morgan fingerprint density at radius 1 is 1.42 bits per heavy atom. The molecule has 2 aromatic heterocycles. The third-order valence-corrected chi connectivity index (χ3v) is 3.57. The van der Waals surface area contributed by atoms with Crippen molar-refractivity contribution in [2.75, 3.05) is 0 Å². The molecule has 0 aromatic carbocycles. The van der Waals surface area contributed by atoms with Gasteiger partial charge in [-0.15, -0.1) is 0 Å². The van der Waals surface area contributed by atoms with Crippen molar-refractivity contribution in [3.8, 4) is 0 Å². The summed E-state index contributed by atoms with van der Waals surface area (Å²) in [6.07, 6.45) is 6.97. The van der Waals surface area contributed by atoms with E-state index in [1.807, 2.05) is 30.3 Å². The quantitative estimate of drug-likeness (QED) is 0.867. The number of rotatable bonds is 6. The molecule has 5 heteroatoms. The van der Waals surface area contributed by atoms with Gasteiger partial charge in [-0.1, -0.05) is 6.92 Å². The first kappa shape index (κ1) is 13.8. The standard InChI is InChI=1S/C14H23N5/c1-5-7-19-8-6-15-14(19)10-16-11(2)13-9-17-18(4)12(13)3/h6,8-9,11,16H,5,7,10H2,1-4H3. The highest BCUT2D eigenvalue weighted by Crippen LogP contribution is 2.16. The molecule has 0 aliphatic carbocycles. The molecule has 0 aliphatic rings. The van der Waals surface area contributed by atoms with E-state index in [1.54, 1.807) is 0 Å². The lowest BCUT2D eigenvalue weighted by Crippen LogP contribution is -2.21. The number of nitrogens with one attached hydrogen (secondary N) is 1. The average molecular weight is 261 g/mol. The van der Waals surface area contributed by atoms with Gasteiger partial charge in [-0.2, -0.15) is 5.10 Å². The molecular weight excluding hydrogens is 238 g/mol. The van der Waals surface area contributed by atoms with Gasteiger partial charge in [0, 0.05) is 43.3 Å². The SMILES string of the molecule is CCCn1ccnc1CNC(C)c1cnn(C)c1C. The molecule has 2 heterocycles. The molecule has 104 valence electrons. The first-order valence-electron chi connectivity index (χ1n) is 6.85. The molecule has 2 rings (SSSR count). The maximum absolute atomic E-state index is 4.41. The number of imidazole rings is 1. The predicted octanol–water partition coefficient (Wildman–Crippen LogP) is 2.19. The molecular formula is C14H23N5. The highest BCUT2D eigenvalue weighted by atomic mass is 15.3. The van der Waals surface area contributed by atoms with Gasteiger partial charge in [0.25, 0.3) is 0 Å². The molecule has 2 aromatic rings. The van der Waals surface area contributed by atoms with Gasteiger partial charge >= 0.3 is 0 Å². The van der Waals surface area contributed by atoms with E-state index in [0.29, 0.717) is 0 Å². The van der Waals surface area contributed by atoms with E-state index in [2.05, 4.69) is 40.7 Å². The molecule has 19 heavy (non-hydrogen) atoms. The monoisotopic (exact) mass is 261 g/mol. The molecule has 0 radical (unpaired) electrons. The van der Waals surface area contributed by atoms with Gasteiger partial charge in [0.2, 0.25) is 0 Å². The maximum Gasteiger partial charge on any atom is 0.122 e. The van der Waals surface area contributed by atoms with Crippen molar-refractivity contribution in [1.29, 1.82) is 0 Å². The van der Waals surface area contributed by atoms with Crippen LogP contribution < -0.4 is 5.32 Å². The van der Waals surface area contributed by atoms with Gasteiger partial charge < -0.3 is 9.88 Å². The fourth-order valence-electron chi connectivity index (χ4n) is 2.25. The van der Waals surface area contributed by atoms with Gasteiger partial charge in [-0.3, -0.25) is 4.68 Å². The third-order valence-electron chi connectivity index (χ3n) is 3.57. The van der Waals surface area contributed by atoms with Crippen LogP contribution in [0, 0.1) is 6.92 Å². The molecule has 0 amide bonds. The highest BCUT2D eigenvalue weighted by molar-refractivity contribution is 5.19. The van der Waals surface area contributed by atoms with E-state index < -0.39 is 0 Å². The van der Waals surface area contributed by atoms with Crippen LogP contribution in [0.4, 0.5) is 0 Å². The summed E-state index contributed by atoms with van der Waals surface area (Å²) in [5.41, 5.74) is 2.45. The fraction of sp³-hybridized carbons (Fsp3) is 0.571. The number of hydrogen-bond acceptors (Lipinski definition) is 3. The molecule has 0 spiro atoms.